The van der Waals surface area contributed by atoms with Gasteiger partial charge in [-0.25, -0.2) is 0 Å². The first kappa shape index (κ1) is 29.9. The van der Waals surface area contributed by atoms with Gasteiger partial charge < -0.3 is 20.7 Å². The molecule has 7 nitrogen and oxygen atoms in total. The Hall–Kier alpha value is -4.05. The maximum Gasteiger partial charge on any atom is 0.272 e. The summed E-state index contributed by atoms with van der Waals surface area (Å²) in [6, 6.07) is 23.0. The molecule has 0 saturated carbocycles. The number of carbonyl (C=O) groups excluding carboxylic acids is 3. The molecule has 0 bridgehead atoms. The largest absolute Gasteiger partial charge is 0.495 e. The molecule has 10 heteroatoms. The first-order valence-corrected chi connectivity index (χ1v) is 14.7. The summed E-state index contributed by atoms with van der Waals surface area (Å²) in [5, 5.41) is 10.5. The zero-order valence-corrected chi connectivity index (χ0v) is 25.0. The number of methoxy groups -OCH3 is 1. The van der Waals surface area contributed by atoms with Gasteiger partial charge in [-0.05, 0) is 73.3 Å². The third kappa shape index (κ3) is 8.23. The molecule has 3 aromatic carbocycles. The normalized spacial score (nSPS) is 11.9. The molecule has 4 rings (SSSR count). The number of thioether (sulfide) groups is 1. The summed E-state index contributed by atoms with van der Waals surface area (Å²) in [7, 11) is 1.52. The van der Waals surface area contributed by atoms with Crippen LogP contribution in [0.25, 0.3) is 6.08 Å². The van der Waals surface area contributed by atoms with E-state index >= 15 is 0 Å². The summed E-state index contributed by atoms with van der Waals surface area (Å²) in [5.41, 5.74) is 2.43. The number of carbonyl (C=O) groups is 3. The Morgan fingerprint density at radius 1 is 0.976 bits per heavy atom. The Labute approximate surface area is 252 Å². The van der Waals surface area contributed by atoms with Crippen LogP contribution in [0.4, 0.5) is 11.4 Å². The molecule has 1 unspecified atom stereocenters. The summed E-state index contributed by atoms with van der Waals surface area (Å²) in [4.78, 5) is 40.6. The van der Waals surface area contributed by atoms with Crippen LogP contribution in [0.1, 0.15) is 27.7 Å². The number of hydrogen-bond donors (Lipinski definition) is 3. The van der Waals surface area contributed by atoms with Crippen LogP contribution in [0.5, 0.6) is 5.75 Å². The monoisotopic (exact) mass is 605 g/mol. The number of halogens is 1. The molecule has 41 heavy (non-hydrogen) atoms. The lowest BCUT2D eigenvalue weighted by Gasteiger charge is -2.16. The van der Waals surface area contributed by atoms with Crippen molar-refractivity contribution >= 4 is 69.9 Å². The van der Waals surface area contributed by atoms with E-state index in [0.29, 0.717) is 27.7 Å². The minimum Gasteiger partial charge on any atom is -0.495 e. The van der Waals surface area contributed by atoms with E-state index in [1.807, 2.05) is 36.6 Å². The molecule has 0 aliphatic heterocycles. The molecule has 0 spiro atoms. The Morgan fingerprint density at radius 3 is 2.46 bits per heavy atom. The molecule has 3 amide bonds. The van der Waals surface area contributed by atoms with Crippen LogP contribution < -0.4 is 20.7 Å². The summed E-state index contributed by atoms with van der Waals surface area (Å²) < 4.78 is 5.36. The molecule has 210 valence electrons. The topological polar surface area (TPSA) is 96.5 Å². The fourth-order valence-corrected chi connectivity index (χ4v) is 5.46. The number of hydrogen-bond acceptors (Lipinski definition) is 6. The highest BCUT2D eigenvalue weighted by Crippen LogP contribution is 2.32. The van der Waals surface area contributed by atoms with E-state index in [4.69, 9.17) is 16.3 Å². The maximum atomic E-state index is 13.3. The van der Waals surface area contributed by atoms with Gasteiger partial charge in [0.15, 0.2) is 0 Å². The smallest absolute Gasteiger partial charge is 0.272 e. The minimum atomic E-state index is -0.471. The standard InChI is InChI=1S/C31H28ClN3O4S2/c1-19-15-26(28(39-3)18-25(19)32)34-29(36)20(2)41-24-12-7-11-22(16-24)33-31(38)27(17-23-13-8-14-40-23)35-30(37)21-9-5-4-6-10-21/h4-18,20H,1-3H3,(H,33,38)(H,34,36)(H,35,37)/b27-17-. The number of ether oxygens (including phenoxy) is 1. The van der Waals surface area contributed by atoms with Gasteiger partial charge in [0.2, 0.25) is 5.91 Å². The van der Waals surface area contributed by atoms with Crippen LogP contribution in [0.3, 0.4) is 0 Å². The molecule has 0 radical (unpaired) electrons. The second kappa shape index (κ2) is 14.0. The number of benzene rings is 3. The van der Waals surface area contributed by atoms with Gasteiger partial charge in [0.1, 0.15) is 11.4 Å². The summed E-state index contributed by atoms with van der Waals surface area (Å²) in [5.74, 6) is -0.600. The van der Waals surface area contributed by atoms with Crippen molar-refractivity contribution in [3.05, 3.63) is 111 Å². The molecular formula is C31H28ClN3O4S2. The highest BCUT2D eigenvalue weighted by Gasteiger charge is 2.19. The lowest BCUT2D eigenvalue weighted by Crippen LogP contribution is -2.30. The van der Waals surface area contributed by atoms with Crippen molar-refractivity contribution in [1.29, 1.82) is 0 Å². The summed E-state index contributed by atoms with van der Waals surface area (Å²) in [6.07, 6.45) is 1.64. The van der Waals surface area contributed by atoms with Crippen LogP contribution in [0.15, 0.2) is 94.8 Å². The Morgan fingerprint density at radius 2 is 1.76 bits per heavy atom. The van der Waals surface area contributed by atoms with E-state index in [9.17, 15) is 14.4 Å². The van der Waals surface area contributed by atoms with E-state index < -0.39 is 11.2 Å². The minimum absolute atomic E-state index is 0.110. The summed E-state index contributed by atoms with van der Waals surface area (Å²) in [6.45, 7) is 3.64. The van der Waals surface area contributed by atoms with Crippen molar-refractivity contribution in [2.75, 3.05) is 17.7 Å². The Bertz CT molecular complexity index is 1570. The molecule has 3 N–H and O–H groups in total. The fraction of sp³-hybridized carbons (Fsp3) is 0.129. The SMILES string of the molecule is COc1cc(Cl)c(C)cc1NC(=O)C(C)Sc1cccc(NC(=O)/C(=C/c2cccs2)NC(=O)c2ccccc2)c1. The highest BCUT2D eigenvalue weighted by molar-refractivity contribution is 8.00. The van der Waals surface area contributed by atoms with Crippen LogP contribution in [0, 0.1) is 6.92 Å². The van der Waals surface area contributed by atoms with Crippen LogP contribution in [0.2, 0.25) is 5.02 Å². The van der Waals surface area contributed by atoms with E-state index in [1.54, 1.807) is 67.6 Å². The average Bonchev–Trinajstić information content (AvgIpc) is 3.48. The second-order valence-corrected chi connectivity index (χ2v) is 11.7. The van der Waals surface area contributed by atoms with Gasteiger partial charge in [0.05, 0.1) is 18.0 Å². The third-order valence-electron chi connectivity index (χ3n) is 5.87. The van der Waals surface area contributed by atoms with Gasteiger partial charge in [-0.15, -0.1) is 23.1 Å². The lowest BCUT2D eigenvalue weighted by molar-refractivity contribution is -0.115. The molecule has 4 aromatic rings. The van der Waals surface area contributed by atoms with Crippen molar-refractivity contribution in [2.24, 2.45) is 0 Å². The van der Waals surface area contributed by atoms with E-state index in [0.717, 1.165) is 15.3 Å². The highest BCUT2D eigenvalue weighted by atomic mass is 35.5. The molecule has 1 aromatic heterocycles. The number of amides is 3. The molecule has 0 aliphatic rings. The first-order valence-electron chi connectivity index (χ1n) is 12.6. The number of aryl methyl sites for hydroxylation is 1. The van der Waals surface area contributed by atoms with Gasteiger partial charge in [0.25, 0.3) is 11.8 Å². The van der Waals surface area contributed by atoms with Gasteiger partial charge >= 0.3 is 0 Å². The maximum absolute atomic E-state index is 13.3. The van der Waals surface area contributed by atoms with Gasteiger partial charge in [0, 0.05) is 32.1 Å². The van der Waals surface area contributed by atoms with E-state index in [1.165, 1.54) is 30.2 Å². The van der Waals surface area contributed by atoms with Crippen molar-refractivity contribution in [2.45, 2.75) is 24.0 Å². The molecule has 1 heterocycles. The molecule has 0 saturated heterocycles. The van der Waals surface area contributed by atoms with Crippen LogP contribution >= 0.6 is 34.7 Å². The lowest BCUT2D eigenvalue weighted by atomic mass is 10.2. The van der Waals surface area contributed by atoms with Crippen molar-refractivity contribution in [1.82, 2.24) is 5.32 Å². The Balaban J connectivity index is 1.45. The third-order valence-corrected chi connectivity index (χ3v) is 8.19. The zero-order valence-electron chi connectivity index (χ0n) is 22.6. The molecule has 1 atom stereocenters. The van der Waals surface area contributed by atoms with Gasteiger partial charge in [-0.2, -0.15) is 0 Å². The summed E-state index contributed by atoms with van der Waals surface area (Å²) >= 11 is 8.97. The number of thiophene rings is 1. The second-order valence-electron chi connectivity index (χ2n) is 8.93. The number of rotatable bonds is 10. The van der Waals surface area contributed by atoms with Crippen molar-refractivity contribution < 1.29 is 19.1 Å². The quantitative estimate of drug-likeness (QED) is 0.131. The van der Waals surface area contributed by atoms with Gasteiger partial charge in [-0.1, -0.05) is 41.9 Å². The number of nitrogens with one attached hydrogen (secondary N) is 3. The first-order chi connectivity index (χ1) is 19.7. The average molecular weight is 606 g/mol. The van der Waals surface area contributed by atoms with E-state index in [-0.39, 0.29) is 17.5 Å². The fourth-order valence-electron chi connectivity index (χ4n) is 3.73. The molecule has 0 fully saturated rings. The Kier molecular flexibility index (Phi) is 10.2. The predicted molar refractivity (Wildman–Crippen MR) is 168 cm³/mol. The van der Waals surface area contributed by atoms with Crippen LogP contribution in [-0.4, -0.2) is 30.1 Å². The molecule has 0 aliphatic carbocycles. The van der Waals surface area contributed by atoms with Gasteiger partial charge in [-0.3, -0.25) is 14.4 Å². The number of anilines is 2. The van der Waals surface area contributed by atoms with Crippen LogP contribution in [-0.2, 0) is 9.59 Å². The van der Waals surface area contributed by atoms with Crippen molar-refractivity contribution in [3.63, 3.8) is 0 Å². The van der Waals surface area contributed by atoms with E-state index in [2.05, 4.69) is 16.0 Å². The molecular weight excluding hydrogens is 578 g/mol. The zero-order chi connectivity index (χ0) is 29.4. The predicted octanol–water partition coefficient (Wildman–Crippen LogP) is 7.25. The van der Waals surface area contributed by atoms with Crippen molar-refractivity contribution in [3.8, 4) is 5.75 Å².